The molecule has 12 heteroatoms. The summed E-state index contributed by atoms with van der Waals surface area (Å²) >= 11 is 0.0395. The van der Waals surface area contributed by atoms with E-state index in [9.17, 15) is 26.7 Å². The monoisotopic (exact) mass is 339 g/mol. The summed E-state index contributed by atoms with van der Waals surface area (Å²) in [5, 5.41) is 6.49. The van der Waals surface area contributed by atoms with E-state index in [4.69, 9.17) is 0 Å². The van der Waals surface area contributed by atoms with E-state index in [0.717, 1.165) is 0 Å². The molecule has 118 valence electrons. The second-order valence-electron chi connectivity index (χ2n) is 3.69. The molecule has 0 saturated heterocycles. The van der Waals surface area contributed by atoms with Gasteiger partial charge in [0.25, 0.3) is 11.7 Å². The number of alkyl halides is 5. The molecule has 0 atom stereocenters. The fourth-order valence-electron chi connectivity index (χ4n) is 1.36. The van der Waals surface area contributed by atoms with Gasteiger partial charge in [0.05, 0.1) is 5.56 Å². The summed E-state index contributed by atoms with van der Waals surface area (Å²) in [4.78, 5) is 18.5. The normalized spacial score (nSPS) is 11.7. The Labute approximate surface area is 123 Å². The van der Waals surface area contributed by atoms with Gasteiger partial charge in [-0.05, 0) is 23.9 Å². The van der Waals surface area contributed by atoms with Crippen LogP contribution in [0.5, 0.6) is 0 Å². The van der Waals surface area contributed by atoms with Gasteiger partial charge >= 0.3 is 6.18 Å². The lowest BCUT2D eigenvalue weighted by atomic mass is 10.3. The molecule has 2 N–H and O–H groups in total. The van der Waals surface area contributed by atoms with Crippen molar-refractivity contribution >= 4 is 23.6 Å². The summed E-state index contributed by atoms with van der Waals surface area (Å²) in [5.74, 6) is -5.78. The number of nitrogens with one attached hydrogen (secondary N) is 2. The van der Waals surface area contributed by atoms with Crippen LogP contribution in [0.15, 0.2) is 23.4 Å². The summed E-state index contributed by atoms with van der Waals surface area (Å²) in [6.07, 6.45) is -3.54. The Morgan fingerprint density at radius 3 is 2.68 bits per heavy atom. The van der Waals surface area contributed by atoms with E-state index in [1.807, 2.05) is 5.32 Å². The lowest BCUT2D eigenvalue weighted by Gasteiger charge is -2.06. The molecule has 22 heavy (non-hydrogen) atoms. The fraction of sp³-hybridized carbons (Fsp3) is 0.200. The van der Waals surface area contributed by atoms with Gasteiger partial charge in [-0.1, -0.05) is 0 Å². The van der Waals surface area contributed by atoms with Gasteiger partial charge in [-0.2, -0.15) is 26.9 Å². The highest BCUT2D eigenvalue weighted by molar-refractivity contribution is 7.99. The Morgan fingerprint density at radius 1 is 1.36 bits per heavy atom. The number of hydrogen-bond donors (Lipinski definition) is 2. The topological polar surface area (TPSA) is 83.6 Å². The van der Waals surface area contributed by atoms with Crippen molar-refractivity contribution in [2.45, 2.75) is 17.0 Å². The Kier molecular flexibility index (Phi) is 4.59. The van der Waals surface area contributed by atoms with Gasteiger partial charge < -0.3 is 0 Å². The first-order valence-electron chi connectivity index (χ1n) is 5.48. The Bertz CT molecular complexity index is 674. The molecule has 2 aromatic heterocycles. The van der Waals surface area contributed by atoms with E-state index in [1.54, 1.807) is 5.10 Å². The first kappa shape index (κ1) is 16.1. The molecule has 2 heterocycles. The molecule has 0 saturated carbocycles. The van der Waals surface area contributed by atoms with Gasteiger partial charge in [0.1, 0.15) is 5.03 Å². The molecule has 6 nitrogen and oxygen atoms in total. The van der Waals surface area contributed by atoms with Crippen molar-refractivity contribution in [3.8, 4) is 0 Å². The predicted molar refractivity (Wildman–Crippen MR) is 65.4 cm³/mol. The Morgan fingerprint density at radius 2 is 2.09 bits per heavy atom. The zero-order valence-corrected chi connectivity index (χ0v) is 11.2. The number of aromatic amines is 1. The summed E-state index contributed by atoms with van der Waals surface area (Å²) in [6.45, 7) is 0. The van der Waals surface area contributed by atoms with Crippen LogP contribution in [-0.2, 0) is 6.18 Å². The zero-order valence-electron chi connectivity index (χ0n) is 10.4. The van der Waals surface area contributed by atoms with Gasteiger partial charge in [-0.15, -0.1) is 5.10 Å². The number of nitrogens with zero attached hydrogens (tertiary/aromatic N) is 3. The Balaban J connectivity index is 2.18. The van der Waals surface area contributed by atoms with Gasteiger partial charge in [-0.25, -0.2) is 4.98 Å². The average Bonchev–Trinajstić information content (AvgIpc) is 2.87. The molecule has 0 aliphatic carbocycles. The molecule has 0 aliphatic rings. The van der Waals surface area contributed by atoms with Crippen molar-refractivity contribution in [3.05, 3.63) is 29.7 Å². The third-order valence-electron chi connectivity index (χ3n) is 2.20. The van der Waals surface area contributed by atoms with Gasteiger partial charge in [0, 0.05) is 6.20 Å². The van der Waals surface area contributed by atoms with Crippen molar-refractivity contribution in [3.63, 3.8) is 0 Å². The summed E-state index contributed by atoms with van der Waals surface area (Å²) in [6, 6.07) is 2.52. The second-order valence-corrected chi connectivity index (χ2v) is 4.67. The largest absolute Gasteiger partial charge is 0.451 e. The number of aromatic nitrogens is 4. The molecule has 0 radical (unpaired) electrons. The molecule has 0 unspecified atom stereocenters. The molecule has 2 rings (SSSR count). The minimum absolute atomic E-state index is 0.0395. The summed E-state index contributed by atoms with van der Waals surface area (Å²) < 4.78 is 61.7. The maximum Gasteiger partial charge on any atom is 0.451 e. The highest BCUT2D eigenvalue weighted by Crippen LogP contribution is 2.28. The first-order chi connectivity index (χ1) is 10.3. The summed E-state index contributed by atoms with van der Waals surface area (Å²) in [7, 11) is 0. The maximum absolute atomic E-state index is 12.4. The van der Waals surface area contributed by atoms with Gasteiger partial charge in [0.2, 0.25) is 11.8 Å². The standard InChI is InChI=1S/C10H6F5N5OS/c11-8(12)22-6-4(2-1-3-16-6)5(21)17-9-18-7(19-20-9)10(13,14)15/h1-3,8H,(H2,17,18,19,20,21). The van der Waals surface area contributed by atoms with Crippen molar-refractivity contribution in [1.82, 2.24) is 20.2 Å². The van der Waals surface area contributed by atoms with E-state index in [-0.39, 0.29) is 22.4 Å². The molecule has 1 amide bonds. The van der Waals surface area contributed by atoms with E-state index in [1.165, 1.54) is 18.3 Å². The predicted octanol–water partition coefficient (Wildman–Crippen LogP) is 2.79. The van der Waals surface area contributed by atoms with Crippen LogP contribution in [0.1, 0.15) is 16.2 Å². The van der Waals surface area contributed by atoms with Crippen LogP contribution in [0.3, 0.4) is 0 Å². The van der Waals surface area contributed by atoms with Crippen molar-refractivity contribution < 1.29 is 26.7 Å². The van der Waals surface area contributed by atoms with Gasteiger partial charge in [0.15, 0.2) is 0 Å². The number of halogens is 5. The number of hydrogen-bond acceptors (Lipinski definition) is 5. The van der Waals surface area contributed by atoms with Crippen LogP contribution in [-0.4, -0.2) is 31.8 Å². The third kappa shape index (κ3) is 3.90. The summed E-state index contributed by atoms with van der Waals surface area (Å²) in [5.41, 5.74) is -0.230. The number of pyridine rings is 1. The molecule has 2 aromatic rings. The smallest absolute Gasteiger partial charge is 0.289 e. The molecular formula is C10H6F5N5OS. The van der Waals surface area contributed by atoms with E-state index < -0.39 is 29.6 Å². The maximum atomic E-state index is 12.4. The van der Waals surface area contributed by atoms with Crippen molar-refractivity contribution in [1.29, 1.82) is 0 Å². The second kappa shape index (κ2) is 6.25. The molecule has 0 fully saturated rings. The van der Waals surface area contributed by atoms with Gasteiger partial charge in [-0.3, -0.25) is 15.2 Å². The molecule has 0 spiro atoms. The van der Waals surface area contributed by atoms with Crippen LogP contribution in [0.25, 0.3) is 0 Å². The minimum atomic E-state index is -4.75. The minimum Gasteiger partial charge on any atom is -0.289 e. The number of carbonyl (C=O) groups excluding carboxylic acids is 1. The molecule has 0 bridgehead atoms. The Hall–Kier alpha value is -2.24. The number of amides is 1. The number of H-pyrrole nitrogens is 1. The van der Waals surface area contributed by atoms with Crippen molar-refractivity contribution in [2.75, 3.05) is 5.32 Å². The number of thioether (sulfide) groups is 1. The van der Waals surface area contributed by atoms with Crippen LogP contribution >= 0.6 is 11.8 Å². The molecule has 0 aromatic carbocycles. The SMILES string of the molecule is O=C(Nc1n[nH]c(C(F)(F)F)n1)c1cccnc1SC(F)F. The molecule has 0 aliphatic heterocycles. The van der Waals surface area contributed by atoms with Crippen LogP contribution in [0.4, 0.5) is 27.9 Å². The highest BCUT2D eigenvalue weighted by atomic mass is 32.2. The first-order valence-corrected chi connectivity index (χ1v) is 6.36. The fourth-order valence-corrected chi connectivity index (χ4v) is 1.93. The van der Waals surface area contributed by atoms with Crippen LogP contribution < -0.4 is 5.32 Å². The van der Waals surface area contributed by atoms with Crippen LogP contribution in [0.2, 0.25) is 0 Å². The molecular weight excluding hydrogens is 333 g/mol. The lowest BCUT2D eigenvalue weighted by Crippen LogP contribution is -2.15. The number of rotatable bonds is 4. The third-order valence-corrected chi connectivity index (χ3v) is 2.92. The average molecular weight is 339 g/mol. The van der Waals surface area contributed by atoms with Crippen LogP contribution in [0, 0.1) is 0 Å². The highest BCUT2D eigenvalue weighted by Gasteiger charge is 2.35. The number of anilines is 1. The number of carbonyl (C=O) groups is 1. The quantitative estimate of drug-likeness (QED) is 0.661. The van der Waals surface area contributed by atoms with Crippen molar-refractivity contribution in [2.24, 2.45) is 0 Å². The van der Waals surface area contributed by atoms with E-state index in [2.05, 4.69) is 15.1 Å². The van der Waals surface area contributed by atoms with E-state index >= 15 is 0 Å². The lowest BCUT2D eigenvalue weighted by molar-refractivity contribution is -0.144. The zero-order chi connectivity index (χ0) is 16.3. The van der Waals surface area contributed by atoms with E-state index in [0.29, 0.717) is 0 Å².